The molecular formula is C75H139NO13. The van der Waals surface area contributed by atoms with Gasteiger partial charge in [0, 0.05) is 6.42 Å². The third-order valence-corrected chi connectivity index (χ3v) is 18.2. The Bertz CT molecular complexity index is 1680. The van der Waals surface area contributed by atoms with Gasteiger partial charge in [-0.1, -0.05) is 306 Å². The molecule has 0 saturated carbocycles. The first-order chi connectivity index (χ1) is 43.6. The van der Waals surface area contributed by atoms with Crippen LogP contribution in [0.2, 0.25) is 0 Å². The summed E-state index contributed by atoms with van der Waals surface area (Å²) in [6.45, 7) is 2.80. The third kappa shape index (κ3) is 43.5. The Morgan fingerprint density at radius 2 is 0.753 bits per heavy atom. The highest BCUT2D eigenvalue weighted by Gasteiger charge is 2.51. The number of carbonyl (C=O) groups is 1. The van der Waals surface area contributed by atoms with Gasteiger partial charge in [0.15, 0.2) is 12.6 Å². The van der Waals surface area contributed by atoms with Crippen LogP contribution < -0.4 is 5.32 Å². The lowest BCUT2D eigenvalue weighted by atomic mass is 9.97. The molecule has 2 rings (SSSR count). The Kier molecular flexibility index (Phi) is 55.7. The van der Waals surface area contributed by atoms with Crippen molar-refractivity contribution < 1.29 is 64.6 Å². The fraction of sp³-hybridized carbons (Fsp3) is 0.880. The first-order valence-electron chi connectivity index (χ1n) is 37.4. The van der Waals surface area contributed by atoms with Gasteiger partial charge < -0.3 is 65.1 Å². The van der Waals surface area contributed by atoms with Crippen LogP contribution in [0, 0.1) is 0 Å². The summed E-state index contributed by atoms with van der Waals surface area (Å²) in [4.78, 5) is 13.3. The number of aliphatic hydroxyl groups excluding tert-OH is 8. The van der Waals surface area contributed by atoms with Crippen LogP contribution in [0.3, 0.4) is 0 Å². The van der Waals surface area contributed by atoms with Crippen molar-refractivity contribution in [1.82, 2.24) is 5.32 Å². The number of carbonyl (C=O) groups excluding carboxylic acids is 1. The molecule has 12 unspecified atom stereocenters. The standard InChI is InChI=1S/C75H139NO13/c1-3-5-7-9-11-13-15-17-19-21-22-23-24-25-26-27-28-29-30-31-32-33-34-35-36-37-38-39-40-41-42-43-45-47-49-51-53-55-57-59-67(80)76-63(64(79)58-56-54-52-50-48-46-44-20-18-16-14-12-10-8-6-4-2)62-86-74-72(85)70(83)73(66(61-78)88-74)89-75-71(84)69(82)68(81)65(60-77)87-75/h15,17,21-22,48,50,56,58,63-66,68-75,77-79,81-85H,3-14,16,18-20,23-47,49,51-55,57,59-62H2,1-2H3,(H,76,80)/b17-15-,22-21-,50-48+,58-56+. The number of ether oxygens (including phenoxy) is 4. The zero-order chi connectivity index (χ0) is 64.5. The van der Waals surface area contributed by atoms with Crippen LogP contribution in [0.4, 0.5) is 0 Å². The lowest BCUT2D eigenvalue weighted by molar-refractivity contribution is -0.359. The Hall–Kier alpha value is -2.05. The molecule has 0 bridgehead atoms. The topological polar surface area (TPSA) is 228 Å². The zero-order valence-electron chi connectivity index (χ0n) is 56.9. The summed E-state index contributed by atoms with van der Waals surface area (Å²) in [7, 11) is 0. The molecule has 0 aromatic carbocycles. The van der Waals surface area contributed by atoms with Crippen LogP contribution in [0.1, 0.15) is 328 Å². The fourth-order valence-corrected chi connectivity index (χ4v) is 12.3. The van der Waals surface area contributed by atoms with Crippen molar-refractivity contribution >= 4 is 5.91 Å². The van der Waals surface area contributed by atoms with E-state index in [-0.39, 0.29) is 18.9 Å². The van der Waals surface area contributed by atoms with Gasteiger partial charge >= 0.3 is 0 Å². The lowest BCUT2D eigenvalue weighted by Crippen LogP contribution is -2.65. The van der Waals surface area contributed by atoms with Crippen molar-refractivity contribution in [2.24, 2.45) is 0 Å². The minimum atomic E-state index is -1.79. The van der Waals surface area contributed by atoms with E-state index in [1.54, 1.807) is 6.08 Å². The molecule has 2 fully saturated rings. The Labute approximate surface area is 543 Å². The molecule has 0 aromatic rings. The molecule has 0 spiro atoms. The lowest BCUT2D eigenvalue weighted by Gasteiger charge is -2.46. The molecule has 14 nitrogen and oxygen atoms in total. The maximum absolute atomic E-state index is 13.3. The molecule has 0 radical (unpaired) electrons. The molecule has 9 N–H and O–H groups in total. The molecule has 522 valence electrons. The highest BCUT2D eigenvalue weighted by molar-refractivity contribution is 5.76. The molecule has 0 aromatic heterocycles. The number of rotatable bonds is 62. The first kappa shape index (κ1) is 83.0. The number of aliphatic hydroxyl groups is 8. The van der Waals surface area contributed by atoms with Gasteiger partial charge in [0.25, 0.3) is 0 Å². The molecule has 2 saturated heterocycles. The van der Waals surface area contributed by atoms with Gasteiger partial charge in [0.05, 0.1) is 32.0 Å². The van der Waals surface area contributed by atoms with E-state index in [1.807, 2.05) is 6.08 Å². The SMILES string of the molecule is CCCCCCC/C=C\C/C=C\CCCCCCCCCCCCCCCCCCCCCCCCCCCCCC(=O)NC(COC1OC(CO)C(OC2OC(CO)C(O)C(O)C2O)C(O)C1O)C(O)/C=C/CC/C=C/CCCCCCCCCCCC. The first-order valence-corrected chi connectivity index (χ1v) is 37.4. The third-order valence-electron chi connectivity index (χ3n) is 18.2. The van der Waals surface area contributed by atoms with Crippen molar-refractivity contribution in [2.45, 2.75) is 402 Å². The number of allylic oxidation sites excluding steroid dienone is 7. The van der Waals surface area contributed by atoms with Crippen LogP contribution in [0.15, 0.2) is 48.6 Å². The maximum Gasteiger partial charge on any atom is 0.220 e. The molecule has 89 heavy (non-hydrogen) atoms. The van der Waals surface area contributed by atoms with Gasteiger partial charge in [-0.25, -0.2) is 0 Å². The van der Waals surface area contributed by atoms with E-state index in [1.165, 1.54) is 257 Å². The second-order valence-corrected chi connectivity index (χ2v) is 26.4. The van der Waals surface area contributed by atoms with Crippen molar-refractivity contribution in [2.75, 3.05) is 19.8 Å². The molecule has 12 atom stereocenters. The number of nitrogens with one attached hydrogen (secondary N) is 1. The van der Waals surface area contributed by atoms with E-state index < -0.39 is 86.8 Å². The molecule has 2 aliphatic heterocycles. The number of hydrogen-bond acceptors (Lipinski definition) is 13. The summed E-state index contributed by atoms with van der Waals surface area (Å²) >= 11 is 0. The van der Waals surface area contributed by atoms with Gasteiger partial charge in [-0.05, 0) is 64.2 Å². The summed E-state index contributed by atoms with van der Waals surface area (Å²) in [6, 6.07) is -0.930. The van der Waals surface area contributed by atoms with Crippen molar-refractivity contribution in [3.05, 3.63) is 48.6 Å². The van der Waals surface area contributed by atoms with Gasteiger partial charge in [0.2, 0.25) is 5.91 Å². The van der Waals surface area contributed by atoms with E-state index in [4.69, 9.17) is 18.9 Å². The quantitative estimate of drug-likeness (QED) is 0.0204. The summed E-state index contributed by atoms with van der Waals surface area (Å²) in [6.07, 6.45) is 62.1. The Morgan fingerprint density at radius 1 is 0.404 bits per heavy atom. The van der Waals surface area contributed by atoms with Crippen molar-refractivity contribution in [3.8, 4) is 0 Å². The zero-order valence-corrected chi connectivity index (χ0v) is 56.9. The Morgan fingerprint density at radius 3 is 1.17 bits per heavy atom. The summed E-state index contributed by atoms with van der Waals surface area (Å²) in [5.74, 6) is -0.244. The van der Waals surface area contributed by atoms with Gasteiger partial charge in [-0.15, -0.1) is 0 Å². The molecule has 1 amide bonds. The second-order valence-electron chi connectivity index (χ2n) is 26.4. The average Bonchev–Trinajstić information content (AvgIpc) is 2.55. The van der Waals surface area contributed by atoms with Gasteiger partial charge in [-0.2, -0.15) is 0 Å². The van der Waals surface area contributed by atoms with Gasteiger partial charge in [-0.3, -0.25) is 4.79 Å². The predicted octanol–water partition coefficient (Wildman–Crippen LogP) is 15.9. The van der Waals surface area contributed by atoms with Gasteiger partial charge in [0.1, 0.15) is 48.8 Å². The number of unbranched alkanes of at least 4 members (excludes halogenated alkanes) is 43. The molecule has 14 heteroatoms. The number of amides is 1. The molecule has 2 heterocycles. The van der Waals surface area contributed by atoms with Crippen molar-refractivity contribution in [1.29, 1.82) is 0 Å². The van der Waals surface area contributed by atoms with Crippen LogP contribution in [0.25, 0.3) is 0 Å². The largest absolute Gasteiger partial charge is 0.394 e. The van der Waals surface area contributed by atoms with Crippen molar-refractivity contribution in [3.63, 3.8) is 0 Å². The highest BCUT2D eigenvalue weighted by Crippen LogP contribution is 2.30. The van der Waals surface area contributed by atoms with E-state index in [9.17, 15) is 45.6 Å². The van der Waals surface area contributed by atoms with E-state index in [0.717, 1.165) is 38.5 Å². The van der Waals surface area contributed by atoms with E-state index >= 15 is 0 Å². The molecule has 0 aliphatic carbocycles. The second kappa shape index (κ2) is 59.7. The molecule has 2 aliphatic rings. The van der Waals surface area contributed by atoms with Crippen LogP contribution in [-0.4, -0.2) is 140 Å². The van der Waals surface area contributed by atoms with E-state index in [2.05, 4.69) is 55.6 Å². The van der Waals surface area contributed by atoms with Crippen LogP contribution >= 0.6 is 0 Å². The minimum absolute atomic E-state index is 0.244. The summed E-state index contributed by atoms with van der Waals surface area (Å²) in [5, 5.41) is 87.3. The fourth-order valence-electron chi connectivity index (χ4n) is 12.3. The van der Waals surface area contributed by atoms with Crippen LogP contribution in [-0.2, 0) is 23.7 Å². The molecular weight excluding hydrogens is 1120 g/mol. The summed E-state index contributed by atoms with van der Waals surface area (Å²) < 4.78 is 22.8. The number of hydrogen-bond donors (Lipinski definition) is 9. The van der Waals surface area contributed by atoms with E-state index in [0.29, 0.717) is 12.8 Å². The highest BCUT2D eigenvalue weighted by atomic mass is 16.7. The predicted molar refractivity (Wildman–Crippen MR) is 364 cm³/mol. The smallest absolute Gasteiger partial charge is 0.220 e. The Balaban J connectivity index is 1.56. The average molecular weight is 1260 g/mol. The summed E-state index contributed by atoms with van der Waals surface area (Å²) in [5.41, 5.74) is 0. The minimum Gasteiger partial charge on any atom is -0.394 e. The maximum atomic E-state index is 13.3. The normalized spacial score (nSPS) is 23.3. The monoisotopic (exact) mass is 1260 g/mol. The van der Waals surface area contributed by atoms with Crippen LogP contribution in [0.5, 0.6) is 0 Å².